The summed E-state index contributed by atoms with van der Waals surface area (Å²) in [6.07, 6.45) is 5.47. The summed E-state index contributed by atoms with van der Waals surface area (Å²) >= 11 is 0. The molecule has 1 aromatic rings. The van der Waals surface area contributed by atoms with Crippen LogP contribution in [0.2, 0.25) is 0 Å². The van der Waals surface area contributed by atoms with Crippen LogP contribution in [0, 0.1) is 26.2 Å². The average Bonchev–Trinajstić information content (AvgIpc) is 2.42. The minimum Gasteiger partial charge on any atom is -0.314 e. The molecule has 0 bridgehead atoms. The van der Waals surface area contributed by atoms with E-state index in [0.717, 1.165) is 37.3 Å². The molecule has 1 aliphatic rings. The zero-order valence-corrected chi connectivity index (χ0v) is 13.1. The topological polar surface area (TPSA) is 49.4 Å². The van der Waals surface area contributed by atoms with Crippen molar-refractivity contribution in [1.29, 1.82) is 0 Å². The van der Waals surface area contributed by atoms with Crippen LogP contribution in [-0.2, 0) is 16.8 Å². The highest BCUT2D eigenvalue weighted by Crippen LogP contribution is 2.27. The number of rotatable bonds is 3. The van der Waals surface area contributed by atoms with E-state index in [-0.39, 0.29) is 4.90 Å². The van der Waals surface area contributed by atoms with E-state index in [9.17, 15) is 12.3 Å². The quantitative estimate of drug-likeness (QED) is 0.676. The van der Waals surface area contributed by atoms with Gasteiger partial charge in [-0.1, -0.05) is 5.92 Å². The van der Waals surface area contributed by atoms with Crippen molar-refractivity contribution >= 4 is 10.2 Å². The third-order valence-electron chi connectivity index (χ3n) is 3.92. The van der Waals surface area contributed by atoms with Gasteiger partial charge < -0.3 is 5.32 Å². The zero-order chi connectivity index (χ0) is 15.6. The van der Waals surface area contributed by atoms with Crippen molar-refractivity contribution in [2.24, 2.45) is 0 Å². The van der Waals surface area contributed by atoms with Gasteiger partial charge in [-0.3, -0.25) is 4.90 Å². The van der Waals surface area contributed by atoms with E-state index in [1.807, 2.05) is 6.92 Å². The summed E-state index contributed by atoms with van der Waals surface area (Å²) in [5.74, 6) is 2.49. The molecule has 0 saturated carbocycles. The maximum absolute atomic E-state index is 13.5. The molecule has 0 amide bonds. The Morgan fingerprint density at radius 2 is 1.95 bits per heavy atom. The number of benzene rings is 1. The standard InChI is InChI=1S/C15H19FN2O2S/c1-4-14-11(2)13(10-18-7-5-17-6-8-18)9-15(12(14)3)21(16,19)20/h1,9,17H,5-8,10H2,2-3H3. The highest BCUT2D eigenvalue weighted by Gasteiger charge is 2.22. The minimum atomic E-state index is -4.77. The second-order valence-corrected chi connectivity index (χ2v) is 6.58. The van der Waals surface area contributed by atoms with Crippen molar-refractivity contribution < 1.29 is 12.3 Å². The number of terminal acetylenes is 1. The van der Waals surface area contributed by atoms with Crippen LogP contribution in [-0.4, -0.2) is 39.5 Å². The Bertz CT molecular complexity index is 687. The normalized spacial score (nSPS) is 16.7. The lowest BCUT2D eigenvalue weighted by molar-refractivity contribution is 0.232. The molecular weight excluding hydrogens is 291 g/mol. The van der Waals surface area contributed by atoms with Gasteiger partial charge in [0.1, 0.15) is 4.90 Å². The average molecular weight is 310 g/mol. The fourth-order valence-corrected chi connectivity index (χ4v) is 3.43. The summed E-state index contributed by atoms with van der Waals surface area (Å²) < 4.78 is 36.1. The summed E-state index contributed by atoms with van der Waals surface area (Å²) in [4.78, 5) is 1.88. The maximum atomic E-state index is 13.5. The molecule has 2 rings (SSSR count). The van der Waals surface area contributed by atoms with E-state index in [4.69, 9.17) is 6.42 Å². The largest absolute Gasteiger partial charge is 0.332 e. The fraction of sp³-hybridized carbons (Fsp3) is 0.467. The van der Waals surface area contributed by atoms with Gasteiger partial charge in [-0.05, 0) is 36.6 Å². The van der Waals surface area contributed by atoms with Crippen LogP contribution in [0.25, 0.3) is 0 Å². The molecule has 1 N–H and O–H groups in total. The Labute approximate surface area is 125 Å². The fourth-order valence-electron chi connectivity index (χ4n) is 2.68. The molecule has 0 radical (unpaired) electrons. The van der Waals surface area contributed by atoms with E-state index in [2.05, 4.69) is 16.1 Å². The Hall–Kier alpha value is -1.42. The Morgan fingerprint density at radius 1 is 1.33 bits per heavy atom. The van der Waals surface area contributed by atoms with Crippen molar-refractivity contribution in [2.75, 3.05) is 26.2 Å². The Kier molecular flexibility index (Phi) is 4.67. The molecule has 21 heavy (non-hydrogen) atoms. The first-order valence-electron chi connectivity index (χ1n) is 6.82. The molecule has 0 unspecified atom stereocenters. The summed E-state index contributed by atoms with van der Waals surface area (Å²) in [6, 6.07) is 1.42. The van der Waals surface area contributed by atoms with Crippen LogP contribution in [0.1, 0.15) is 22.3 Å². The molecule has 1 fully saturated rings. The molecule has 114 valence electrons. The minimum absolute atomic E-state index is 0.307. The van der Waals surface area contributed by atoms with E-state index >= 15 is 0 Å². The molecule has 0 aromatic heterocycles. The smallest absolute Gasteiger partial charge is 0.314 e. The van der Waals surface area contributed by atoms with Crippen molar-refractivity contribution in [3.05, 3.63) is 28.3 Å². The van der Waals surface area contributed by atoms with Gasteiger partial charge in [0.25, 0.3) is 0 Å². The molecule has 1 saturated heterocycles. The third kappa shape index (κ3) is 3.43. The van der Waals surface area contributed by atoms with Crippen molar-refractivity contribution in [3.8, 4) is 12.3 Å². The van der Waals surface area contributed by atoms with Gasteiger partial charge in [0.05, 0.1) is 0 Å². The summed E-state index contributed by atoms with van der Waals surface area (Å²) in [6.45, 7) is 7.50. The second-order valence-electron chi connectivity index (χ2n) is 5.27. The number of piperazine rings is 1. The van der Waals surface area contributed by atoms with Crippen LogP contribution in [0.5, 0.6) is 0 Å². The van der Waals surface area contributed by atoms with Gasteiger partial charge in [0.2, 0.25) is 0 Å². The van der Waals surface area contributed by atoms with Crippen LogP contribution in [0.4, 0.5) is 3.89 Å². The molecule has 4 nitrogen and oxygen atoms in total. The predicted octanol–water partition coefficient (Wildman–Crippen LogP) is 1.35. The number of nitrogens with zero attached hydrogens (tertiary/aromatic N) is 1. The van der Waals surface area contributed by atoms with Gasteiger partial charge >= 0.3 is 10.2 Å². The van der Waals surface area contributed by atoms with E-state index in [1.165, 1.54) is 6.07 Å². The van der Waals surface area contributed by atoms with Gasteiger partial charge in [0.15, 0.2) is 0 Å². The van der Waals surface area contributed by atoms with Crippen molar-refractivity contribution in [2.45, 2.75) is 25.3 Å². The first-order valence-corrected chi connectivity index (χ1v) is 8.20. The Morgan fingerprint density at radius 3 is 2.48 bits per heavy atom. The van der Waals surface area contributed by atoms with E-state index in [1.54, 1.807) is 6.92 Å². The second kappa shape index (κ2) is 6.14. The van der Waals surface area contributed by atoms with Crippen LogP contribution < -0.4 is 5.32 Å². The lowest BCUT2D eigenvalue weighted by Gasteiger charge is -2.28. The lowest BCUT2D eigenvalue weighted by Crippen LogP contribution is -2.43. The highest BCUT2D eigenvalue weighted by molar-refractivity contribution is 7.86. The first kappa shape index (κ1) is 16.0. The molecule has 0 spiro atoms. The van der Waals surface area contributed by atoms with Crippen molar-refractivity contribution in [1.82, 2.24) is 10.2 Å². The molecular formula is C15H19FN2O2S. The molecule has 1 aromatic carbocycles. The SMILES string of the molecule is C#Cc1c(C)c(CN2CCNCC2)cc(S(=O)(=O)F)c1C. The third-order valence-corrected chi connectivity index (χ3v) is 4.87. The van der Waals surface area contributed by atoms with Crippen molar-refractivity contribution in [3.63, 3.8) is 0 Å². The van der Waals surface area contributed by atoms with Gasteiger partial charge in [-0.15, -0.1) is 10.3 Å². The predicted molar refractivity (Wildman–Crippen MR) is 80.3 cm³/mol. The number of nitrogens with one attached hydrogen (secondary N) is 1. The summed E-state index contributed by atoms with van der Waals surface area (Å²) in [7, 11) is -4.77. The molecule has 6 heteroatoms. The zero-order valence-electron chi connectivity index (χ0n) is 12.2. The van der Waals surface area contributed by atoms with E-state index in [0.29, 0.717) is 17.7 Å². The summed E-state index contributed by atoms with van der Waals surface area (Å²) in [5, 5.41) is 3.25. The van der Waals surface area contributed by atoms with E-state index < -0.39 is 10.2 Å². The number of hydrogen-bond acceptors (Lipinski definition) is 4. The van der Waals surface area contributed by atoms with Gasteiger partial charge in [-0.25, -0.2) is 0 Å². The number of halogens is 1. The molecule has 1 aliphatic heterocycles. The lowest BCUT2D eigenvalue weighted by atomic mass is 9.97. The van der Waals surface area contributed by atoms with Crippen LogP contribution in [0.15, 0.2) is 11.0 Å². The van der Waals surface area contributed by atoms with Crippen LogP contribution in [0.3, 0.4) is 0 Å². The maximum Gasteiger partial charge on any atom is 0.332 e. The summed E-state index contributed by atoms with van der Waals surface area (Å²) in [5.41, 5.74) is 2.40. The highest BCUT2D eigenvalue weighted by atomic mass is 32.3. The molecule has 0 atom stereocenters. The van der Waals surface area contributed by atoms with Gasteiger partial charge in [-0.2, -0.15) is 8.42 Å². The number of hydrogen-bond donors (Lipinski definition) is 1. The molecule has 1 heterocycles. The molecule has 0 aliphatic carbocycles. The van der Waals surface area contributed by atoms with Gasteiger partial charge in [0, 0.05) is 38.3 Å². The monoisotopic (exact) mass is 310 g/mol. The van der Waals surface area contributed by atoms with Crippen LogP contribution >= 0.6 is 0 Å². The first-order chi connectivity index (χ1) is 9.84. The Balaban J connectivity index is 2.48.